The van der Waals surface area contributed by atoms with Crippen LogP contribution in [0.3, 0.4) is 0 Å². The molecule has 5 heteroatoms. The molecule has 1 amide bonds. The van der Waals surface area contributed by atoms with Crippen LogP contribution >= 0.6 is 11.6 Å². The first-order valence-corrected chi connectivity index (χ1v) is 6.46. The Labute approximate surface area is 118 Å². The van der Waals surface area contributed by atoms with Crippen molar-refractivity contribution in [3.63, 3.8) is 0 Å². The second-order valence-electron chi connectivity index (χ2n) is 5.21. The van der Waals surface area contributed by atoms with Crippen molar-refractivity contribution in [1.29, 1.82) is 0 Å². The van der Waals surface area contributed by atoms with Crippen LogP contribution in [0.25, 0.3) is 0 Å². The number of carbonyl (C=O) groups is 2. The summed E-state index contributed by atoms with van der Waals surface area (Å²) in [5.74, 6) is -0.275. The number of benzene rings is 1. The van der Waals surface area contributed by atoms with Crippen molar-refractivity contribution < 1.29 is 14.3 Å². The number of hydrogen-bond donors (Lipinski definition) is 1. The standard InChI is InChI=1S/C14H18ClNO3/c1-9-5-6-10(12(17)8-15)7-11(9)16-13(18)19-14(2,3)4/h5-7H,8H2,1-4H3,(H,16,18). The Morgan fingerprint density at radius 3 is 2.47 bits per heavy atom. The predicted molar refractivity (Wildman–Crippen MR) is 76.1 cm³/mol. The molecule has 4 nitrogen and oxygen atoms in total. The van der Waals surface area contributed by atoms with Gasteiger partial charge in [0.15, 0.2) is 5.78 Å². The van der Waals surface area contributed by atoms with Gasteiger partial charge >= 0.3 is 6.09 Å². The Kier molecular flexibility index (Phi) is 4.95. The Morgan fingerprint density at radius 2 is 1.95 bits per heavy atom. The van der Waals surface area contributed by atoms with Gasteiger partial charge in [-0.1, -0.05) is 12.1 Å². The topological polar surface area (TPSA) is 55.4 Å². The normalized spacial score (nSPS) is 11.0. The van der Waals surface area contributed by atoms with Crippen molar-refractivity contribution in [3.8, 4) is 0 Å². The molecule has 0 radical (unpaired) electrons. The fourth-order valence-corrected chi connectivity index (χ4v) is 1.58. The number of hydrogen-bond acceptors (Lipinski definition) is 3. The lowest BCUT2D eigenvalue weighted by atomic mass is 10.1. The Hall–Kier alpha value is -1.55. The molecule has 0 aliphatic carbocycles. The third kappa shape index (κ3) is 4.91. The Balaban J connectivity index is 2.88. The monoisotopic (exact) mass is 283 g/mol. The first kappa shape index (κ1) is 15.5. The summed E-state index contributed by atoms with van der Waals surface area (Å²) in [6.07, 6.45) is -0.550. The van der Waals surface area contributed by atoms with Gasteiger partial charge in [0, 0.05) is 11.3 Å². The zero-order chi connectivity index (χ0) is 14.6. The third-order valence-electron chi connectivity index (χ3n) is 2.32. The second-order valence-corrected chi connectivity index (χ2v) is 5.48. The summed E-state index contributed by atoms with van der Waals surface area (Å²) in [5, 5.41) is 2.63. The van der Waals surface area contributed by atoms with Crippen LogP contribution in [0.1, 0.15) is 36.7 Å². The minimum atomic E-state index is -0.568. The molecule has 19 heavy (non-hydrogen) atoms. The lowest BCUT2D eigenvalue weighted by Gasteiger charge is -2.20. The SMILES string of the molecule is Cc1ccc(C(=O)CCl)cc1NC(=O)OC(C)(C)C. The van der Waals surface area contributed by atoms with Gasteiger partial charge in [-0.15, -0.1) is 11.6 Å². The molecule has 0 aromatic heterocycles. The highest BCUT2D eigenvalue weighted by Gasteiger charge is 2.17. The van der Waals surface area contributed by atoms with E-state index in [9.17, 15) is 9.59 Å². The van der Waals surface area contributed by atoms with Crippen LogP contribution in [0.4, 0.5) is 10.5 Å². The molecule has 104 valence electrons. The number of nitrogens with one attached hydrogen (secondary N) is 1. The van der Waals surface area contributed by atoms with E-state index in [2.05, 4.69) is 5.32 Å². The van der Waals surface area contributed by atoms with E-state index < -0.39 is 11.7 Å². The Bertz CT molecular complexity index is 492. The van der Waals surface area contributed by atoms with Crippen LogP contribution in [0.5, 0.6) is 0 Å². The maximum Gasteiger partial charge on any atom is 0.412 e. The highest BCUT2D eigenvalue weighted by Crippen LogP contribution is 2.19. The fourth-order valence-electron chi connectivity index (χ4n) is 1.42. The number of Topliss-reactive ketones (excluding diaryl/α,β-unsaturated/α-hetero) is 1. The van der Waals surface area contributed by atoms with Crippen LogP contribution in [0, 0.1) is 6.92 Å². The van der Waals surface area contributed by atoms with Gasteiger partial charge in [0.2, 0.25) is 0 Å². The number of ether oxygens (including phenoxy) is 1. The summed E-state index contributed by atoms with van der Waals surface area (Å²) in [4.78, 5) is 23.2. The van der Waals surface area contributed by atoms with Gasteiger partial charge in [0.25, 0.3) is 0 Å². The molecule has 0 unspecified atom stereocenters. The summed E-state index contributed by atoms with van der Waals surface area (Å²) < 4.78 is 5.16. The van der Waals surface area contributed by atoms with Gasteiger partial charge in [-0.3, -0.25) is 10.1 Å². The molecule has 0 aliphatic rings. The van der Waals surface area contributed by atoms with Gasteiger partial charge in [-0.25, -0.2) is 4.79 Å². The lowest BCUT2D eigenvalue weighted by Crippen LogP contribution is -2.27. The van der Waals surface area contributed by atoms with Crippen molar-refractivity contribution >= 4 is 29.2 Å². The van der Waals surface area contributed by atoms with Crippen molar-refractivity contribution in [2.24, 2.45) is 0 Å². The molecule has 0 bridgehead atoms. The van der Waals surface area contributed by atoms with Crippen LogP contribution in [0.2, 0.25) is 0 Å². The maximum atomic E-state index is 11.7. The van der Waals surface area contributed by atoms with E-state index in [0.29, 0.717) is 11.3 Å². The number of ketones is 1. The summed E-state index contributed by atoms with van der Waals surface area (Å²) in [6, 6.07) is 5.04. The molecule has 1 N–H and O–H groups in total. The Morgan fingerprint density at radius 1 is 1.32 bits per heavy atom. The number of aryl methyl sites for hydroxylation is 1. The largest absolute Gasteiger partial charge is 0.444 e. The van der Waals surface area contributed by atoms with Crippen LogP contribution in [-0.2, 0) is 4.74 Å². The fraction of sp³-hybridized carbons (Fsp3) is 0.429. The molecule has 1 aromatic rings. The van der Waals surface area contributed by atoms with E-state index in [0.717, 1.165) is 5.56 Å². The van der Waals surface area contributed by atoms with Crippen LogP contribution in [-0.4, -0.2) is 23.4 Å². The number of rotatable bonds is 3. The van der Waals surface area contributed by atoms with E-state index in [1.165, 1.54) is 0 Å². The smallest absolute Gasteiger partial charge is 0.412 e. The maximum absolute atomic E-state index is 11.7. The third-order valence-corrected chi connectivity index (χ3v) is 2.56. The van der Waals surface area contributed by atoms with Gasteiger partial charge in [-0.05, 0) is 39.3 Å². The minimum absolute atomic E-state index is 0.0884. The zero-order valence-corrected chi connectivity index (χ0v) is 12.3. The van der Waals surface area contributed by atoms with E-state index in [-0.39, 0.29) is 11.7 Å². The molecule has 1 rings (SSSR count). The number of anilines is 1. The lowest BCUT2D eigenvalue weighted by molar-refractivity contribution is 0.0635. The summed E-state index contributed by atoms with van der Waals surface area (Å²) in [5.41, 5.74) is 1.29. The molecule has 0 saturated carbocycles. The molecular formula is C14H18ClNO3. The van der Waals surface area contributed by atoms with E-state index >= 15 is 0 Å². The predicted octanol–water partition coefficient (Wildman–Crippen LogP) is 3.76. The average molecular weight is 284 g/mol. The minimum Gasteiger partial charge on any atom is -0.444 e. The second kappa shape index (κ2) is 6.06. The van der Waals surface area contributed by atoms with Crippen molar-refractivity contribution in [2.75, 3.05) is 11.2 Å². The first-order valence-electron chi connectivity index (χ1n) is 5.93. The summed E-state index contributed by atoms with van der Waals surface area (Å²) in [6.45, 7) is 7.19. The molecule has 1 aromatic carbocycles. The van der Waals surface area contributed by atoms with Gasteiger partial charge in [-0.2, -0.15) is 0 Å². The van der Waals surface area contributed by atoms with Crippen molar-refractivity contribution in [1.82, 2.24) is 0 Å². The summed E-state index contributed by atoms with van der Waals surface area (Å²) >= 11 is 5.51. The van der Waals surface area contributed by atoms with Crippen molar-refractivity contribution in [2.45, 2.75) is 33.3 Å². The van der Waals surface area contributed by atoms with Crippen LogP contribution in [0.15, 0.2) is 18.2 Å². The molecule has 0 heterocycles. The number of alkyl halides is 1. The highest BCUT2D eigenvalue weighted by molar-refractivity contribution is 6.30. The molecular weight excluding hydrogens is 266 g/mol. The van der Waals surface area contributed by atoms with Gasteiger partial charge in [0.1, 0.15) is 5.60 Å². The van der Waals surface area contributed by atoms with E-state index in [1.54, 1.807) is 39.0 Å². The van der Waals surface area contributed by atoms with Crippen molar-refractivity contribution in [3.05, 3.63) is 29.3 Å². The molecule has 0 fully saturated rings. The first-order chi connectivity index (χ1) is 8.73. The zero-order valence-electron chi connectivity index (χ0n) is 11.5. The highest BCUT2D eigenvalue weighted by atomic mass is 35.5. The number of amides is 1. The molecule has 0 aliphatic heterocycles. The molecule has 0 saturated heterocycles. The van der Waals surface area contributed by atoms with Crippen LogP contribution < -0.4 is 5.32 Å². The van der Waals surface area contributed by atoms with E-state index in [4.69, 9.17) is 16.3 Å². The molecule has 0 atom stereocenters. The van der Waals surface area contributed by atoms with E-state index in [1.807, 2.05) is 6.92 Å². The number of halogens is 1. The average Bonchev–Trinajstić information content (AvgIpc) is 2.28. The number of carbonyl (C=O) groups excluding carboxylic acids is 2. The van der Waals surface area contributed by atoms with Gasteiger partial charge in [0.05, 0.1) is 5.88 Å². The molecule has 0 spiro atoms. The quantitative estimate of drug-likeness (QED) is 0.679. The van der Waals surface area contributed by atoms with Gasteiger partial charge < -0.3 is 4.74 Å². The summed E-state index contributed by atoms with van der Waals surface area (Å²) in [7, 11) is 0.